The van der Waals surface area contributed by atoms with Crippen LogP contribution in [0.25, 0.3) is 0 Å². The SMILES string of the molecule is c1ccc(C2(NCc3cccnc3)CCCC2)cc1. The molecule has 1 aromatic heterocycles. The summed E-state index contributed by atoms with van der Waals surface area (Å²) >= 11 is 0. The third-order valence-electron chi connectivity index (χ3n) is 4.14. The highest BCUT2D eigenvalue weighted by Crippen LogP contribution is 2.38. The Morgan fingerprint density at radius 1 is 1.00 bits per heavy atom. The van der Waals surface area contributed by atoms with Crippen LogP contribution in [0.1, 0.15) is 36.8 Å². The standard InChI is InChI=1S/C17H20N2/c1-2-8-16(9-3-1)17(10-4-5-11-17)19-14-15-7-6-12-18-13-15/h1-3,6-9,12-13,19H,4-5,10-11,14H2. The minimum atomic E-state index is 0.164. The number of aromatic nitrogens is 1. The number of nitrogens with one attached hydrogen (secondary N) is 1. The van der Waals surface area contributed by atoms with Gasteiger partial charge < -0.3 is 5.32 Å². The first-order valence-electron chi connectivity index (χ1n) is 7.09. The summed E-state index contributed by atoms with van der Waals surface area (Å²) in [6.07, 6.45) is 8.87. The van der Waals surface area contributed by atoms with Crippen molar-refractivity contribution in [3.63, 3.8) is 0 Å². The average Bonchev–Trinajstić information content (AvgIpc) is 2.97. The van der Waals surface area contributed by atoms with Gasteiger partial charge in [-0.25, -0.2) is 0 Å². The molecule has 0 aliphatic heterocycles. The summed E-state index contributed by atoms with van der Waals surface area (Å²) < 4.78 is 0. The average molecular weight is 252 g/mol. The molecule has 3 rings (SSSR count). The molecular weight excluding hydrogens is 232 g/mol. The van der Waals surface area contributed by atoms with Crippen LogP contribution >= 0.6 is 0 Å². The third-order valence-corrected chi connectivity index (χ3v) is 4.14. The summed E-state index contributed by atoms with van der Waals surface area (Å²) in [5.41, 5.74) is 2.85. The summed E-state index contributed by atoms with van der Waals surface area (Å²) in [5, 5.41) is 3.79. The second kappa shape index (κ2) is 5.54. The molecule has 1 aliphatic rings. The lowest BCUT2D eigenvalue weighted by Gasteiger charge is -2.31. The minimum Gasteiger partial charge on any atom is -0.303 e. The Balaban J connectivity index is 1.78. The molecule has 2 nitrogen and oxygen atoms in total. The number of nitrogens with zero attached hydrogens (tertiary/aromatic N) is 1. The molecule has 2 aromatic rings. The molecule has 0 unspecified atom stereocenters. The highest BCUT2D eigenvalue weighted by atomic mass is 15.0. The number of pyridine rings is 1. The molecular formula is C17H20N2. The van der Waals surface area contributed by atoms with E-state index in [2.05, 4.69) is 46.7 Å². The zero-order chi connectivity index (χ0) is 13.0. The van der Waals surface area contributed by atoms with E-state index in [9.17, 15) is 0 Å². The molecule has 0 spiro atoms. The van der Waals surface area contributed by atoms with Crippen LogP contribution in [0.4, 0.5) is 0 Å². The first kappa shape index (κ1) is 12.4. The van der Waals surface area contributed by atoms with Gasteiger partial charge in [0.1, 0.15) is 0 Å². The lowest BCUT2D eigenvalue weighted by molar-refractivity contribution is 0.338. The molecule has 0 bridgehead atoms. The lowest BCUT2D eigenvalue weighted by Crippen LogP contribution is -2.39. The van der Waals surface area contributed by atoms with Gasteiger partial charge in [-0.1, -0.05) is 49.2 Å². The van der Waals surface area contributed by atoms with E-state index in [0.717, 1.165) is 6.54 Å². The molecule has 1 aromatic carbocycles. The monoisotopic (exact) mass is 252 g/mol. The third kappa shape index (κ3) is 2.69. The van der Waals surface area contributed by atoms with E-state index in [1.807, 2.05) is 18.5 Å². The van der Waals surface area contributed by atoms with Gasteiger partial charge in [0.2, 0.25) is 0 Å². The predicted molar refractivity (Wildman–Crippen MR) is 77.7 cm³/mol. The van der Waals surface area contributed by atoms with Crippen LogP contribution in [0.2, 0.25) is 0 Å². The predicted octanol–water partition coefficient (Wildman–Crippen LogP) is 3.64. The van der Waals surface area contributed by atoms with Gasteiger partial charge in [-0.05, 0) is 30.0 Å². The van der Waals surface area contributed by atoms with Crippen LogP contribution in [0.15, 0.2) is 54.9 Å². The summed E-state index contributed by atoms with van der Waals surface area (Å²) in [7, 11) is 0. The molecule has 0 atom stereocenters. The van der Waals surface area contributed by atoms with Crippen molar-refractivity contribution in [2.75, 3.05) is 0 Å². The van der Waals surface area contributed by atoms with Gasteiger partial charge >= 0.3 is 0 Å². The molecule has 0 radical (unpaired) electrons. The second-order valence-electron chi connectivity index (χ2n) is 5.37. The molecule has 1 aliphatic carbocycles. The fourth-order valence-electron chi connectivity index (χ4n) is 3.08. The zero-order valence-electron chi connectivity index (χ0n) is 11.2. The molecule has 1 saturated carbocycles. The normalized spacial score (nSPS) is 17.5. The summed E-state index contributed by atoms with van der Waals surface area (Å²) in [4.78, 5) is 4.19. The summed E-state index contributed by atoms with van der Waals surface area (Å²) in [6, 6.07) is 15.0. The van der Waals surface area contributed by atoms with E-state index in [-0.39, 0.29) is 5.54 Å². The summed E-state index contributed by atoms with van der Waals surface area (Å²) in [5.74, 6) is 0. The van der Waals surface area contributed by atoms with Crippen molar-refractivity contribution in [3.05, 3.63) is 66.0 Å². The van der Waals surface area contributed by atoms with Crippen molar-refractivity contribution < 1.29 is 0 Å². The molecule has 98 valence electrons. The van der Waals surface area contributed by atoms with E-state index in [1.54, 1.807) is 0 Å². The Bertz CT molecular complexity index is 501. The van der Waals surface area contributed by atoms with Crippen LogP contribution in [0.5, 0.6) is 0 Å². The minimum absolute atomic E-state index is 0.164. The topological polar surface area (TPSA) is 24.9 Å². The smallest absolute Gasteiger partial charge is 0.0437 e. The quantitative estimate of drug-likeness (QED) is 0.898. The second-order valence-corrected chi connectivity index (χ2v) is 5.37. The fraction of sp³-hybridized carbons (Fsp3) is 0.353. The van der Waals surface area contributed by atoms with Crippen LogP contribution in [0, 0.1) is 0 Å². The van der Waals surface area contributed by atoms with E-state index in [4.69, 9.17) is 0 Å². The van der Waals surface area contributed by atoms with Gasteiger partial charge in [-0.2, -0.15) is 0 Å². The van der Waals surface area contributed by atoms with Gasteiger partial charge in [0.05, 0.1) is 0 Å². The van der Waals surface area contributed by atoms with Crippen LogP contribution < -0.4 is 5.32 Å². The van der Waals surface area contributed by atoms with Crippen LogP contribution in [-0.2, 0) is 12.1 Å². The van der Waals surface area contributed by atoms with E-state index in [1.165, 1.54) is 36.8 Å². The maximum atomic E-state index is 4.19. The molecule has 1 heterocycles. The van der Waals surface area contributed by atoms with Gasteiger partial charge in [0.25, 0.3) is 0 Å². The van der Waals surface area contributed by atoms with Crippen molar-refractivity contribution in [3.8, 4) is 0 Å². The largest absolute Gasteiger partial charge is 0.303 e. The lowest BCUT2D eigenvalue weighted by atomic mass is 9.88. The molecule has 0 amide bonds. The van der Waals surface area contributed by atoms with Crippen LogP contribution in [-0.4, -0.2) is 4.98 Å². The van der Waals surface area contributed by atoms with E-state index < -0.39 is 0 Å². The van der Waals surface area contributed by atoms with E-state index >= 15 is 0 Å². The number of rotatable bonds is 4. The van der Waals surface area contributed by atoms with Crippen molar-refractivity contribution >= 4 is 0 Å². The number of hydrogen-bond acceptors (Lipinski definition) is 2. The maximum Gasteiger partial charge on any atom is 0.0437 e. The molecule has 0 saturated heterocycles. The Morgan fingerprint density at radius 2 is 1.79 bits per heavy atom. The van der Waals surface area contributed by atoms with Gasteiger partial charge in [0.15, 0.2) is 0 Å². The first-order valence-corrected chi connectivity index (χ1v) is 7.09. The fourth-order valence-corrected chi connectivity index (χ4v) is 3.08. The molecule has 1 fully saturated rings. The zero-order valence-corrected chi connectivity index (χ0v) is 11.2. The Morgan fingerprint density at radius 3 is 2.47 bits per heavy atom. The number of benzene rings is 1. The molecule has 1 N–H and O–H groups in total. The molecule has 19 heavy (non-hydrogen) atoms. The highest BCUT2D eigenvalue weighted by molar-refractivity contribution is 5.26. The Kier molecular flexibility index (Phi) is 3.60. The first-order chi connectivity index (χ1) is 9.39. The highest BCUT2D eigenvalue weighted by Gasteiger charge is 2.34. The van der Waals surface area contributed by atoms with Crippen LogP contribution in [0.3, 0.4) is 0 Å². The van der Waals surface area contributed by atoms with Gasteiger partial charge in [-0.15, -0.1) is 0 Å². The number of hydrogen-bond donors (Lipinski definition) is 1. The van der Waals surface area contributed by atoms with Crippen molar-refractivity contribution in [1.82, 2.24) is 10.3 Å². The van der Waals surface area contributed by atoms with Gasteiger partial charge in [0, 0.05) is 24.5 Å². The van der Waals surface area contributed by atoms with Gasteiger partial charge in [-0.3, -0.25) is 4.98 Å². The molecule has 2 heteroatoms. The Labute approximate surface area is 114 Å². The van der Waals surface area contributed by atoms with Crippen molar-refractivity contribution in [2.45, 2.75) is 37.8 Å². The van der Waals surface area contributed by atoms with Crippen molar-refractivity contribution in [2.24, 2.45) is 0 Å². The van der Waals surface area contributed by atoms with Crippen molar-refractivity contribution in [1.29, 1.82) is 0 Å². The Hall–Kier alpha value is -1.67. The maximum absolute atomic E-state index is 4.19. The summed E-state index contributed by atoms with van der Waals surface area (Å²) in [6.45, 7) is 0.892. The van der Waals surface area contributed by atoms with E-state index in [0.29, 0.717) is 0 Å².